The van der Waals surface area contributed by atoms with Crippen LogP contribution in [0.25, 0.3) is 0 Å². The number of nitrogens with one attached hydrogen (secondary N) is 1. The van der Waals surface area contributed by atoms with Crippen molar-refractivity contribution in [3.8, 4) is 0 Å². The maximum absolute atomic E-state index is 12.4. The molecule has 1 N–H and O–H groups in total. The van der Waals surface area contributed by atoms with Crippen molar-refractivity contribution in [2.45, 2.75) is 13.0 Å². The van der Waals surface area contributed by atoms with Crippen LogP contribution in [0, 0.1) is 0 Å². The molecule has 0 saturated carbocycles. The Balaban J connectivity index is 1.83. The first-order valence-electron chi connectivity index (χ1n) is 5.94. The van der Waals surface area contributed by atoms with Gasteiger partial charge in [0.15, 0.2) is 0 Å². The molecule has 3 nitrogen and oxygen atoms in total. The Morgan fingerprint density at radius 2 is 2.22 bits per heavy atom. The number of aromatic amines is 1. The van der Waals surface area contributed by atoms with Gasteiger partial charge in [-0.2, -0.15) is 0 Å². The zero-order chi connectivity index (χ0) is 12.5. The lowest BCUT2D eigenvalue weighted by molar-refractivity contribution is 0.0734. The normalized spacial score (nSPS) is 14.4. The molecule has 0 aliphatic carbocycles. The van der Waals surface area contributed by atoms with E-state index in [1.54, 1.807) is 0 Å². The van der Waals surface area contributed by atoms with Crippen LogP contribution in [0.2, 0.25) is 0 Å². The quantitative estimate of drug-likeness (QED) is 0.864. The minimum Gasteiger partial charge on any atom is -0.365 e. The van der Waals surface area contributed by atoms with Crippen LogP contribution >= 0.6 is 15.9 Å². The van der Waals surface area contributed by atoms with Gasteiger partial charge in [0.05, 0.1) is 0 Å². The lowest BCUT2D eigenvalue weighted by Crippen LogP contribution is -2.35. The molecule has 1 aromatic carbocycles. The van der Waals surface area contributed by atoms with Crippen molar-refractivity contribution in [2.75, 3.05) is 6.54 Å². The van der Waals surface area contributed by atoms with Gasteiger partial charge in [-0.05, 0) is 29.8 Å². The first kappa shape index (κ1) is 11.5. The molecule has 18 heavy (non-hydrogen) atoms. The molecule has 1 aliphatic heterocycles. The molecule has 0 saturated heterocycles. The zero-order valence-corrected chi connectivity index (χ0v) is 11.4. The molecule has 0 atom stereocenters. The number of nitrogens with zero attached hydrogens (tertiary/aromatic N) is 1. The van der Waals surface area contributed by atoms with E-state index in [0.29, 0.717) is 6.54 Å². The number of carbonyl (C=O) groups excluding carboxylic acids is 1. The number of H-pyrrole nitrogens is 1. The average Bonchev–Trinajstić information content (AvgIpc) is 2.85. The highest BCUT2D eigenvalue weighted by atomic mass is 79.9. The molecule has 2 aromatic rings. The summed E-state index contributed by atoms with van der Waals surface area (Å²) in [5, 5.41) is 0. The predicted octanol–water partition coefficient (Wildman–Crippen LogP) is 2.98. The summed E-state index contributed by atoms with van der Waals surface area (Å²) in [4.78, 5) is 17.5. The Morgan fingerprint density at radius 1 is 1.33 bits per heavy atom. The van der Waals surface area contributed by atoms with E-state index < -0.39 is 0 Å². The number of fused-ring (bicyclic) bond motifs is 1. The van der Waals surface area contributed by atoms with Crippen molar-refractivity contribution in [3.05, 3.63) is 57.8 Å². The van der Waals surface area contributed by atoms with Crippen LogP contribution in [0.15, 0.2) is 41.0 Å². The fourth-order valence-electron chi connectivity index (χ4n) is 2.33. The molecule has 3 rings (SSSR count). The molecule has 1 aliphatic rings. The maximum Gasteiger partial charge on any atom is 0.254 e. The van der Waals surface area contributed by atoms with Gasteiger partial charge >= 0.3 is 0 Å². The second kappa shape index (κ2) is 4.61. The summed E-state index contributed by atoms with van der Waals surface area (Å²) in [6.45, 7) is 1.48. The summed E-state index contributed by atoms with van der Waals surface area (Å²) >= 11 is 3.40. The van der Waals surface area contributed by atoms with E-state index in [1.165, 1.54) is 11.3 Å². The fourth-order valence-corrected chi connectivity index (χ4v) is 2.73. The van der Waals surface area contributed by atoms with Gasteiger partial charge in [0.25, 0.3) is 5.91 Å². The molecular weight excluding hydrogens is 292 g/mol. The number of benzene rings is 1. The van der Waals surface area contributed by atoms with Gasteiger partial charge in [-0.25, -0.2) is 0 Å². The summed E-state index contributed by atoms with van der Waals surface area (Å²) in [7, 11) is 0. The van der Waals surface area contributed by atoms with Crippen LogP contribution in [0.3, 0.4) is 0 Å². The third-order valence-corrected chi connectivity index (χ3v) is 3.77. The Morgan fingerprint density at radius 3 is 3.06 bits per heavy atom. The Hall–Kier alpha value is -1.55. The van der Waals surface area contributed by atoms with E-state index >= 15 is 0 Å². The van der Waals surface area contributed by atoms with Crippen molar-refractivity contribution in [2.24, 2.45) is 0 Å². The van der Waals surface area contributed by atoms with Crippen LogP contribution in [-0.4, -0.2) is 22.3 Å². The number of carbonyl (C=O) groups is 1. The highest BCUT2D eigenvalue weighted by Gasteiger charge is 2.22. The fraction of sp³-hybridized carbons (Fsp3) is 0.214. The van der Waals surface area contributed by atoms with Crippen molar-refractivity contribution in [3.63, 3.8) is 0 Å². The highest BCUT2D eigenvalue weighted by molar-refractivity contribution is 9.10. The second-order valence-corrected chi connectivity index (χ2v) is 5.38. The van der Waals surface area contributed by atoms with Crippen molar-refractivity contribution >= 4 is 21.8 Å². The summed E-state index contributed by atoms with van der Waals surface area (Å²) in [6, 6.07) is 9.60. The Labute approximate surface area is 114 Å². The van der Waals surface area contributed by atoms with Gasteiger partial charge in [0.1, 0.15) is 0 Å². The monoisotopic (exact) mass is 304 g/mol. The van der Waals surface area contributed by atoms with Crippen LogP contribution in [0.5, 0.6) is 0 Å². The maximum atomic E-state index is 12.4. The molecular formula is C14H13BrN2O. The third-order valence-electron chi connectivity index (χ3n) is 3.28. The van der Waals surface area contributed by atoms with Crippen molar-refractivity contribution in [1.82, 2.24) is 9.88 Å². The number of rotatable bonds is 1. The minimum atomic E-state index is 0.100. The number of amides is 1. The van der Waals surface area contributed by atoms with Crippen molar-refractivity contribution in [1.29, 1.82) is 0 Å². The predicted molar refractivity (Wildman–Crippen MR) is 73.4 cm³/mol. The third kappa shape index (κ3) is 2.08. The van der Waals surface area contributed by atoms with Gasteiger partial charge < -0.3 is 9.88 Å². The summed E-state index contributed by atoms with van der Waals surface area (Å²) in [5.41, 5.74) is 3.22. The molecule has 2 heterocycles. The second-order valence-electron chi connectivity index (χ2n) is 4.47. The first-order valence-corrected chi connectivity index (χ1v) is 6.73. The summed E-state index contributed by atoms with van der Waals surface area (Å²) < 4.78 is 0.938. The topological polar surface area (TPSA) is 36.1 Å². The van der Waals surface area contributed by atoms with Gasteiger partial charge in [0.2, 0.25) is 0 Å². The molecule has 0 radical (unpaired) electrons. The van der Waals surface area contributed by atoms with Crippen LogP contribution in [0.4, 0.5) is 0 Å². The average molecular weight is 305 g/mol. The van der Waals surface area contributed by atoms with Gasteiger partial charge in [-0.1, -0.05) is 22.0 Å². The van der Waals surface area contributed by atoms with E-state index in [1.807, 2.05) is 35.4 Å². The standard InChI is InChI=1S/C14H13BrN2O/c15-12-3-1-2-10(8-12)14(18)17-7-5-13-11(9-17)4-6-16-13/h1-4,6,8,16H,5,7,9H2. The molecule has 4 heteroatoms. The lowest BCUT2D eigenvalue weighted by Gasteiger charge is -2.27. The zero-order valence-electron chi connectivity index (χ0n) is 9.82. The summed E-state index contributed by atoms with van der Waals surface area (Å²) in [6.07, 6.45) is 2.85. The van der Waals surface area contributed by atoms with Crippen LogP contribution in [-0.2, 0) is 13.0 Å². The SMILES string of the molecule is O=C(c1cccc(Br)c1)N1CCc2[nH]ccc2C1. The molecule has 0 spiro atoms. The molecule has 0 fully saturated rings. The Bertz CT molecular complexity index is 591. The van der Waals surface area contributed by atoms with E-state index in [0.717, 1.165) is 23.0 Å². The molecule has 92 valence electrons. The molecule has 0 bridgehead atoms. The number of hydrogen-bond donors (Lipinski definition) is 1. The molecule has 1 aromatic heterocycles. The van der Waals surface area contributed by atoms with Crippen LogP contribution in [0.1, 0.15) is 21.6 Å². The minimum absolute atomic E-state index is 0.100. The van der Waals surface area contributed by atoms with Crippen LogP contribution < -0.4 is 0 Å². The number of aromatic nitrogens is 1. The lowest BCUT2D eigenvalue weighted by atomic mass is 10.1. The molecule has 1 amide bonds. The van der Waals surface area contributed by atoms with Gasteiger partial charge in [0, 0.05) is 41.4 Å². The van der Waals surface area contributed by atoms with Gasteiger partial charge in [-0.3, -0.25) is 4.79 Å². The smallest absolute Gasteiger partial charge is 0.254 e. The number of halogens is 1. The highest BCUT2D eigenvalue weighted by Crippen LogP contribution is 2.20. The number of hydrogen-bond acceptors (Lipinski definition) is 1. The van der Waals surface area contributed by atoms with E-state index in [2.05, 4.69) is 27.0 Å². The summed E-state index contributed by atoms with van der Waals surface area (Å²) in [5.74, 6) is 0.100. The molecule has 0 unspecified atom stereocenters. The van der Waals surface area contributed by atoms with E-state index in [-0.39, 0.29) is 5.91 Å². The largest absolute Gasteiger partial charge is 0.365 e. The Kier molecular flexibility index (Phi) is 2.96. The first-order chi connectivity index (χ1) is 8.74. The van der Waals surface area contributed by atoms with E-state index in [9.17, 15) is 4.79 Å². The van der Waals surface area contributed by atoms with Gasteiger partial charge in [-0.15, -0.1) is 0 Å². The van der Waals surface area contributed by atoms with Crippen molar-refractivity contribution < 1.29 is 4.79 Å². The van der Waals surface area contributed by atoms with E-state index in [4.69, 9.17) is 0 Å².